The van der Waals surface area contributed by atoms with Gasteiger partial charge >= 0.3 is 16.2 Å². The Hall–Kier alpha value is -1.19. The zero-order valence-corrected chi connectivity index (χ0v) is 9.54. The third-order valence-electron chi connectivity index (χ3n) is 2.29. The van der Waals surface area contributed by atoms with Crippen LogP contribution in [0.5, 0.6) is 0 Å². The molecule has 1 fully saturated rings. The summed E-state index contributed by atoms with van der Waals surface area (Å²) in [5.41, 5.74) is 0. The van der Waals surface area contributed by atoms with Gasteiger partial charge in [0, 0.05) is 7.05 Å². The molecule has 16 heavy (non-hydrogen) atoms. The first-order chi connectivity index (χ1) is 7.61. The summed E-state index contributed by atoms with van der Waals surface area (Å²) in [6.07, 6.45) is 1.96. The van der Waals surface area contributed by atoms with Crippen molar-refractivity contribution in [2.75, 3.05) is 18.3 Å². The largest absolute Gasteiger partial charge is 0.406 e. The molecule has 1 aliphatic heterocycles. The van der Waals surface area contributed by atoms with Gasteiger partial charge in [-0.05, 0) is 19.4 Å². The van der Waals surface area contributed by atoms with Crippen LogP contribution < -0.4 is 14.8 Å². The van der Waals surface area contributed by atoms with E-state index in [0.717, 1.165) is 19.4 Å². The summed E-state index contributed by atoms with van der Waals surface area (Å²) in [6, 6.07) is -0.0987. The van der Waals surface area contributed by atoms with E-state index in [1.54, 1.807) is 0 Å². The summed E-state index contributed by atoms with van der Waals surface area (Å²) >= 11 is 0. The van der Waals surface area contributed by atoms with Crippen molar-refractivity contribution in [1.82, 2.24) is 20.2 Å². The average molecular weight is 247 g/mol. The first-order valence-corrected chi connectivity index (χ1v) is 6.37. The minimum absolute atomic E-state index is 0.0281. The van der Waals surface area contributed by atoms with E-state index in [4.69, 9.17) is 4.42 Å². The number of hydrogen-bond acceptors (Lipinski definition) is 6. The van der Waals surface area contributed by atoms with Gasteiger partial charge in [0.1, 0.15) is 0 Å². The molecule has 2 rings (SSSR count). The predicted molar refractivity (Wildman–Crippen MR) is 55.9 cm³/mol. The van der Waals surface area contributed by atoms with Gasteiger partial charge in [0.25, 0.3) is 0 Å². The highest BCUT2D eigenvalue weighted by Gasteiger charge is 2.23. The topological polar surface area (TPSA) is 109 Å². The monoisotopic (exact) mass is 247 g/mol. The van der Waals surface area contributed by atoms with E-state index >= 15 is 0 Å². The van der Waals surface area contributed by atoms with Gasteiger partial charge in [-0.15, -0.1) is 5.10 Å². The van der Waals surface area contributed by atoms with Crippen molar-refractivity contribution < 1.29 is 12.8 Å². The van der Waals surface area contributed by atoms with Crippen molar-refractivity contribution in [3.63, 3.8) is 0 Å². The van der Waals surface area contributed by atoms with E-state index in [-0.39, 0.29) is 12.1 Å². The smallest absolute Gasteiger partial charge is 0.330 e. The fraction of sp³-hybridized carbons (Fsp3) is 0.714. The first-order valence-electron chi connectivity index (χ1n) is 4.89. The molecular formula is C7H13N5O3S. The van der Waals surface area contributed by atoms with Crippen molar-refractivity contribution in [1.29, 1.82) is 0 Å². The standard InChI is InChI=1S/C7H13N5O3S/c1-8-16(13,14)12-7-11-10-6(15-7)5-3-2-4-9-5/h5,8-9H,2-4H2,1H3,(H,11,12). The fourth-order valence-corrected chi connectivity index (χ4v) is 1.89. The van der Waals surface area contributed by atoms with E-state index < -0.39 is 10.2 Å². The second-order valence-electron chi connectivity index (χ2n) is 3.40. The van der Waals surface area contributed by atoms with Crippen LogP contribution in [-0.2, 0) is 10.2 Å². The number of nitrogens with zero attached hydrogens (tertiary/aromatic N) is 2. The Morgan fingerprint density at radius 2 is 2.31 bits per heavy atom. The van der Waals surface area contributed by atoms with Crippen LogP contribution >= 0.6 is 0 Å². The molecule has 0 aromatic carbocycles. The SMILES string of the molecule is CNS(=O)(=O)Nc1nnc(C2CCCN2)o1. The Kier molecular flexibility index (Phi) is 3.08. The molecule has 9 heteroatoms. The molecule has 0 aliphatic carbocycles. The summed E-state index contributed by atoms with van der Waals surface area (Å²) in [4.78, 5) is 0. The molecule has 90 valence electrons. The maximum Gasteiger partial charge on any atom is 0.330 e. The van der Waals surface area contributed by atoms with E-state index in [2.05, 4.69) is 25.0 Å². The number of aromatic nitrogens is 2. The van der Waals surface area contributed by atoms with E-state index in [9.17, 15) is 8.42 Å². The molecule has 1 atom stereocenters. The highest BCUT2D eigenvalue weighted by atomic mass is 32.2. The Balaban J connectivity index is 2.07. The zero-order valence-electron chi connectivity index (χ0n) is 8.73. The van der Waals surface area contributed by atoms with Gasteiger partial charge in [0.2, 0.25) is 5.89 Å². The second-order valence-corrected chi connectivity index (χ2v) is 5.02. The highest BCUT2D eigenvalue weighted by molar-refractivity contribution is 7.90. The average Bonchev–Trinajstić information content (AvgIpc) is 2.86. The van der Waals surface area contributed by atoms with E-state index in [1.165, 1.54) is 7.05 Å². The quantitative estimate of drug-likeness (QED) is 0.653. The maximum atomic E-state index is 11.1. The number of hydrogen-bond donors (Lipinski definition) is 3. The summed E-state index contributed by atoms with van der Waals surface area (Å²) < 4.78 is 31.6. The van der Waals surface area contributed by atoms with Crippen LogP contribution in [0, 0.1) is 0 Å². The molecule has 3 N–H and O–H groups in total. The highest BCUT2D eigenvalue weighted by Crippen LogP contribution is 2.22. The lowest BCUT2D eigenvalue weighted by Crippen LogP contribution is -2.26. The number of rotatable bonds is 4. The van der Waals surface area contributed by atoms with Gasteiger partial charge < -0.3 is 9.73 Å². The predicted octanol–water partition coefficient (Wildman–Crippen LogP) is -0.630. The maximum absolute atomic E-state index is 11.1. The molecule has 0 spiro atoms. The van der Waals surface area contributed by atoms with Crippen LogP contribution in [-0.4, -0.2) is 32.2 Å². The van der Waals surface area contributed by atoms with Gasteiger partial charge in [0.05, 0.1) is 6.04 Å². The van der Waals surface area contributed by atoms with Crippen LogP contribution in [0.4, 0.5) is 6.01 Å². The van der Waals surface area contributed by atoms with Gasteiger partial charge in [-0.2, -0.15) is 8.42 Å². The molecular weight excluding hydrogens is 234 g/mol. The number of anilines is 1. The molecule has 1 aliphatic rings. The van der Waals surface area contributed by atoms with E-state index in [0.29, 0.717) is 5.89 Å². The normalized spacial score (nSPS) is 21.2. The fourth-order valence-electron chi connectivity index (χ4n) is 1.48. The van der Waals surface area contributed by atoms with Crippen molar-refractivity contribution >= 4 is 16.2 Å². The molecule has 2 heterocycles. The van der Waals surface area contributed by atoms with Crippen LogP contribution in [0.1, 0.15) is 24.8 Å². The third-order valence-corrected chi connectivity index (χ3v) is 3.27. The van der Waals surface area contributed by atoms with Crippen molar-refractivity contribution in [2.45, 2.75) is 18.9 Å². The lowest BCUT2D eigenvalue weighted by atomic mass is 10.2. The van der Waals surface area contributed by atoms with Crippen molar-refractivity contribution in [3.05, 3.63) is 5.89 Å². The van der Waals surface area contributed by atoms with Crippen LogP contribution in [0.2, 0.25) is 0 Å². The molecule has 1 saturated heterocycles. The Labute approximate surface area is 93.0 Å². The van der Waals surface area contributed by atoms with Crippen LogP contribution in [0.25, 0.3) is 0 Å². The molecule has 0 saturated carbocycles. The molecule has 0 amide bonds. The summed E-state index contributed by atoms with van der Waals surface area (Å²) in [5.74, 6) is 0.409. The Bertz CT molecular complexity index is 450. The van der Waals surface area contributed by atoms with Crippen molar-refractivity contribution in [2.24, 2.45) is 0 Å². The van der Waals surface area contributed by atoms with Gasteiger partial charge in [0.15, 0.2) is 0 Å². The molecule has 0 radical (unpaired) electrons. The second kappa shape index (κ2) is 4.36. The van der Waals surface area contributed by atoms with Crippen LogP contribution in [0.15, 0.2) is 4.42 Å². The van der Waals surface area contributed by atoms with E-state index in [1.807, 2.05) is 0 Å². The third kappa shape index (κ3) is 2.49. The molecule has 1 unspecified atom stereocenters. The summed E-state index contributed by atoms with van der Waals surface area (Å²) in [6.45, 7) is 0.907. The molecule has 0 bridgehead atoms. The van der Waals surface area contributed by atoms with Gasteiger partial charge in [-0.25, -0.2) is 9.44 Å². The summed E-state index contributed by atoms with van der Waals surface area (Å²) in [5, 5.41) is 10.6. The Morgan fingerprint density at radius 3 is 2.94 bits per heavy atom. The van der Waals surface area contributed by atoms with Gasteiger partial charge in [-0.3, -0.25) is 0 Å². The zero-order chi connectivity index (χ0) is 11.6. The van der Waals surface area contributed by atoms with Gasteiger partial charge in [-0.1, -0.05) is 5.10 Å². The minimum Gasteiger partial charge on any atom is -0.406 e. The van der Waals surface area contributed by atoms with Crippen molar-refractivity contribution in [3.8, 4) is 0 Å². The lowest BCUT2D eigenvalue weighted by Gasteiger charge is -2.03. The lowest BCUT2D eigenvalue weighted by molar-refractivity contribution is 0.439. The minimum atomic E-state index is -3.60. The molecule has 8 nitrogen and oxygen atoms in total. The molecule has 1 aromatic heterocycles. The first kappa shape index (κ1) is 11.3. The molecule has 1 aromatic rings. The van der Waals surface area contributed by atoms with Crippen LogP contribution in [0.3, 0.4) is 0 Å². The summed E-state index contributed by atoms with van der Waals surface area (Å²) in [7, 11) is -2.31. The number of nitrogens with one attached hydrogen (secondary N) is 3. The Morgan fingerprint density at radius 1 is 1.50 bits per heavy atom.